The second-order valence-electron chi connectivity index (χ2n) is 8.87. The molecule has 178 valence electrons. The number of ether oxygens (including phenoxy) is 2. The van der Waals surface area contributed by atoms with Crippen molar-refractivity contribution < 1.29 is 14.3 Å². The molecule has 2 aromatic rings. The maximum absolute atomic E-state index is 12.4. The molecule has 2 saturated heterocycles. The van der Waals surface area contributed by atoms with E-state index in [9.17, 15) is 4.79 Å². The number of hydrogen-bond donors (Lipinski definition) is 1. The standard InChI is InChI=1S/C26H36N4O3/c1-28-13-6-10-24(28)26(31)27-12-14-29-15-17-30(18-16-29)23-9-3-4-11-25(23)33-20-21-7-5-8-22(19-21)32-2/h3-5,7-9,11,19,24H,6,10,12-18,20H2,1-2H3,(H,27,31). The predicted octanol–water partition coefficient (Wildman–Crippen LogP) is 2.61. The van der Waals surface area contributed by atoms with Crippen LogP contribution in [0.15, 0.2) is 48.5 Å². The number of para-hydroxylation sites is 2. The molecule has 1 amide bonds. The molecule has 33 heavy (non-hydrogen) atoms. The van der Waals surface area contributed by atoms with Crippen LogP contribution in [0.5, 0.6) is 11.5 Å². The third kappa shape index (κ3) is 6.18. The fourth-order valence-corrected chi connectivity index (χ4v) is 4.67. The molecule has 7 nitrogen and oxygen atoms in total. The van der Waals surface area contributed by atoms with Crippen molar-refractivity contribution in [3.05, 3.63) is 54.1 Å². The van der Waals surface area contributed by atoms with Gasteiger partial charge in [0.2, 0.25) is 5.91 Å². The van der Waals surface area contributed by atoms with Gasteiger partial charge in [-0.3, -0.25) is 14.6 Å². The second kappa shape index (κ2) is 11.4. The Bertz CT molecular complexity index is 914. The van der Waals surface area contributed by atoms with E-state index < -0.39 is 0 Å². The van der Waals surface area contributed by atoms with E-state index in [0.29, 0.717) is 13.2 Å². The Morgan fingerprint density at radius 3 is 2.64 bits per heavy atom. The summed E-state index contributed by atoms with van der Waals surface area (Å²) < 4.78 is 11.5. The van der Waals surface area contributed by atoms with Crippen molar-refractivity contribution in [1.82, 2.24) is 15.1 Å². The normalized spacial score (nSPS) is 19.5. The van der Waals surface area contributed by atoms with Crippen molar-refractivity contribution >= 4 is 11.6 Å². The van der Waals surface area contributed by atoms with Crippen LogP contribution in [0.1, 0.15) is 18.4 Å². The van der Waals surface area contributed by atoms with Crippen LogP contribution in [0.4, 0.5) is 5.69 Å². The third-order valence-electron chi connectivity index (χ3n) is 6.66. The van der Waals surface area contributed by atoms with Crippen molar-refractivity contribution in [2.75, 3.05) is 64.9 Å². The summed E-state index contributed by atoms with van der Waals surface area (Å²) in [5.74, 6) is 1.92. The minimum atomic E-state index is 0.0512. The Labute approximate surface area is 197 Å². The molecule has 4 rings (SSSR count). The number of hydrogen-bond acceptors (Lipinski definition) is 6. The van der Waals surface area contributed by atoms with Crippen molar-refractivity contribution in [3.8, 4) is 11.5 Å². The van der Waals surface area contributed by atoms with E-state index in [2.05, 4.69) is 32.1 Å². The lowest BCUT2D eigenvalue weighted by Gasteiger charge is -2.36. The number of nitrogens with zero attached hydrogens (tertiary/aromatic N) is 3. The number of methoxy groups -OCH3 is 1. The number of anilines is 1. The molecular weight excluding hydrogens is 416 g/mol. The van der Waals surface area contributed by atoms with Gasteiger partial charge in [-0.15, -0.1) is 0 Å². The summed E-state index contributed by atoms with van der Waals surface area (Å²) >= 11 is 0. The van der Waals surface area contributed by atoms with E-state index in [1.807, 2.05) is 43.4 Å². The van der Waals surface area contributed by atoms with Crippen molar-refractivity contribution in [1.29, 1.82) is 0 Å². The Balaban J connectivity index is 1.24. The molecule has 0 spiro atoms. The predicted molar refractivity (Wildman–Crippen MR) is 131 cm³/mol. The van der Waals surface area contributed by atoms with Gasteiger partial charge in [0.05, 0.1) is 18.8 Å². The van der Waals surface area contributed by atoms with E-state index in [1.165, 1.54) is 0 Å². The van der Waals surface area contributed by atoms with Crippen molar-refractivity contribution in [2.24, 2.45) is 0 Å². The molecule has 0 radical (unpaired) electrons. The summed E-state index contributed by atoms with van der Waals surface area (Å²) in [6, 6.07) is 16.3. The van der Waals surface area contributed by atoms with E-state index >= 15 is 0 Å². The summed E-state index contributed by atoms with van der Waals surface area (Å²) in [7, 11) is 3.71. The maximum Gasteiger partial charge on any atom is 0.237 e. The first-order valence-corrected chi connectivity index (χ1v) is 11.9. The van der Waals surface area contributed by atoms with Crippen LogP contribution in [0.3, 0.4) is 0 Å². The van der Waals surface area contributed by atoms with Crippen LogP contribution >= 0.6 is 0 Å². The minimum Gasteiger partial charge on any atom is -0.497 e. The first-order valence-electron chi connectivity index (χ1n) is 11.9. The molecule has 1 unspecified atom stereocenters. The lowest BCUT2D eigenvalue weighted by Crippen LogP contribution is -2.49. The number of likely N-dealkylation sites (tertiary alicyclic amines) is 1. The molecule has 1 N–H and O–H groups in total. The van der Waals surface area contributed by atoms with Gasteiger partial charge in [0.1, 0.15) is 18.1 Å². The summed E-state index contributed by atoms with van der Waals surface area (Å²) in [6.45, 7) is 6.97. The maximum atomic E-state index is 12.4. The number of carbonyl (C=O) groups excluding carboxylic acids is 1. The molecule has 0 aliphatic carbocycles. The summed E-state index contributed by atoms with van der Waals surface area (Å²) in [5.41, 5.74) is 2.22. The molecule has 7 heteroatoms. The molecule has 1 atom stereocenters. The molecule has 0 bridgehead atoms. The van der Waals surface area contributed by atoms with Gasteiger partial charge in [0.25, 0.3) is 0 Å². The highest BCUT2D eigenvalue weighted by atomic mass is 16.5. The van der Waals surface area contributed by atoms with Gasteiger partial charge >= 0.3 is 0 Å². The Kier molecular flexibility index (Phi) is 8.07. The van der Waals surface area contributed by atoms with Crippen LogP contribution in [-0.4, -0.2) is 81.7 Å². The van der Waals surface area contributed by atoms with Crippen LogP contribution in [0.25, 0.3) is 0 Å². The van der Waals surface area contributed by atoms with Gasteiger partial charge in [-0.1, -0.05) is 24.3 Å². The second-order valence-corrected chi connectivity index (χ2v) is 8.87. The fourth-order valence-electron chi connectivity index (χ4n) is 4.67. The molecule has 2 fully saturated rings. The number of nitrogens with one attached hydrogen (secondary N) is 1. The molecular formula is C26H36N4O3. The van der Waals surface area contributed by atoms with Gasteiger partial charge < -0.3 is 19.7 Å². The van der Waals surface area contributed by atoms with E-state index in [4.69, 9.17) is 9.47 Å². The first kappa shape index (κ1) is 23.4. The number of carbonyl (C=O) groups is 1. The summed E-state index contributed by atoms with van der Waals surface area (Å²) in [5, 5.41) is 3.13. The largest absolute Gasteiger partial charge is 0.497 e. The average Bonchev–Trinajstić information content (AvgIpc) is 3.29. The first-order chi connectivity index (χ1) is 16.1. The monoisotopic (exact) mass is 452 g/mol. The number of amides is 1. The van der Waals surface area contributed by atoms with E-state index in [1.54, 1.807) is 7.11 Å². The Hall–Kier alpha value is -2.77. The van der Waals surface area contributed by atoms with Crippen LogP contribution < -0.4 is 19.7 Å². The molecule has 2 aromatic carbocycles. The minimum absolute atomic E-state index is 0.0512. The molecule has 0 aromatic heterocycles. The number of piperazine rings is 1. The van der Waals surface area contributed by atoms with Crippen LogP contribution in [0, 0.1) is 0 Å². The van der Waals surface area contributed by atoms with Gasteiger partial charge in [0.15, 0.2) is 0 Å². The third-order valence-corrected chi connectivity index (χ3v) is 6.66. The zero-order valence-corrected chi connectivity index (χ0v) is 19.8. The molecule has 2 heterocycles. The topological polar surface area (TPSA) is 57.3 Å². The van der Waals surface area contributed by atoms with Crippen LogP contribution in [0.2, 0.25) is 0 Å². The Morgan fingerprint density at radius 1 is 1.06 bits per heavy atom. The zero-order valence-electron chi connectivity index (χ0n) is 19.8. The van der Waals surface area contributed by atoms with Gasteiger partial charge in [-0.25, -0.2) is 0 Å². The molecule has 0 saturated carbocycles. The van der Waals surface area contributed by atoms with E-state index in [-0.39, 0.29) is 11.9 Å². The number of rotatable bonds is 9. The van der Waals surface area contributed by atoms with E-state index in [0.717, 1.165) is 74.9 Å². The van der Waals surface area contributed by atoms with Gasteiger partial charge in [-0.05, 0) is 56.3 Å². The Morgan fingerprint density at radius 2 is 1.88 bits per heavy atom. The van der Waals surface area contributed by atoms with Crippen molar-refractivity contribution in [2.45, 2.75) is 25.5 Å². The highest BCUT2D eigenvalue weighted by Crippen LogP contribution is 2.30. The smallest absolute Gasteiger partial charge is 0.237 e. The zero-order chi connectivity index (χ0) is 23.0. The quantitative estimate of drug-likeness (QED) is 0.631. The lowest BCUT2D eigenvalue weighted by atomic mass is 10.2. The number of likely N-dealkylation sites (N-methyl/N-ethyl adjacent to an activating group) is 1. The SMILES string of the molecule is COc1cccc(COc2ccccc2N2CCN(CCNC(=O)C3CCCN3C)CC2)c1. The van der Waals surface area contributed by atoms with Gasteiger partial charge in [0, 0.05) is 39.3 Å². The lowest BCUT2D eigenvalue weighted by molar-refractivity contribution is -0.125. The number of benzene rings is 2. The summed E-state index contributed by atoms with van der Waals surface area (Å²) in [4.78, 5) is 19.3. The van der Waals surface area contributed by atoms with Gasteiger partial charge in [-0.2, -0.15) is 0 Å². The average molecular weight is 453 g/mol. The van der Waals surface area contributed by atoms with Crippen molar-refractivity contribution in [3.63, 3.8) is 0 Å². The molecule has 2 aliphatic heterocycles. The summed E-state index contributed by atoms with van der Waals surface area (Å²) in [6.07, 6.45) is 2.08. The molecule has 2 aliphatic rings. The fraction of sp³-hybridized carbons (Fsp3) is 0.500. The highest BCUT2D eigenvalue weighted by Gasteiger charge is 2.27. The van der Waals surface area contributed by atoms with Crippen LogP contribution in [-0.2, 0) is 11.4 Å². The highest BCUT2D eigenvalue weighted by molar-refractivity contribution is 5.81.